The monoisotopic (exact) mass is 342 g/mol. The van der Waals surface area contributed by atoms with Gasteiger partial charge in [0.1, 0.15) is 30.5 Å². The first-order chi connectivity index (χ1) is 12.1. The molecule has 25 heavy (non-hydrogen) atoms. The summed E-state index contributed by atoms with van der Waals surface area (Å²) in [5.41, 5.74) is 1.54. The van der Waals surface area contributed by atoms with Gasteiger partial charge in [0.25, 0.3) is 0 Å². The fourth-order valence-electron chi connectivity index (χ4n) is 2.69. The van der Waals surface area contributed by atoms with E-state index in [9.17, 15) is 4.79 Å². The van der Waals surface area contributed by atoms with E-state index < -0.39 is 0 Å². The summed E-state index contributed by atoms with van der Waals surface area (Å²) in [7, 11) is 1.63. The molecule has 1 heterocycles. The number of rotatable bonds is 7. The molecule has 1 aromatic heterocycles. The molecule has 0 fully saturated rings. The lowest BCUT2D eigenvalue weighted by Crippen LogP contribution is -2.18. The summed E-state index contributed by atoms with van der Waals surface area (Å²) in [5, 5.41) is 0. The lowest BCUT2D eigenvalue weighted by atomic mass is 10.2. The van der Waals surface area contributed by atoms with Crippen LogP contribution in [0.15, 0.2) is 47.3 Å². The number of H-pyrrole nitrogens is 1. The lowest BCUT2D eigenvalue weighted by molar-refractivity contribution is 0.217. The average molecular weight is 342 g/mol. The highest BCUT2D eigenvalue weighted by molar-refractivity contribution is 5.77. The Labute approximate surface area is 146 Å². The van der Waals surface area contributed by atoms with Crippen LogP contribution in [-0.2, 0) is 0 Å². The first-order valence-corrected chi connectivity index (χ1v) is 8.22. The van der Waals surface area contributed by atoms with Crippen LogP contribution in [0.1, 0.15) is 19.9 Å². The lowest BCUT2D eigenvalue weighted by Gasteiger charge is -2.10. The molecule has 1 N–H and O–H groups in total. The third-order valence-electron chi connectivity index (χ3n) is 3.89. The van der Waals surface area contributed by atoms with Crippen LogP contribution in [0, 0.1) is 0 Å². The average Bonchev–Trinajstić information content (AvgIpc) is 2.94. The van der Waals surface area contributed by atoms with Crippen molar-refractivity contribution >= 4 is 11.0 Å². The molecule has 6 heteroatoms. The van der Waals surface area contributed by atoms with Crippen LogP contribution >= 0.6 is 0 Å². The molecule has 0 unspecified atom stereocenters. The second-order valence-electron chi connectivity index (χ2n) is 5.95. The van der Waals surface area contributed by atoms with Gasteiger partial charge in [-0.05, 0) is 50.2 Å². The molecule has 132 valence electrons. The predicted octanol–water partition coefficient (Wildman–Crippen LogP) is 3.38. The number of hydrogen-bond acceptors (Lipinski definition) is 4. The summed E-state index contributed by atoms with van der Waals surface area (Å²) in [6, 6.07) is 13.1. The molecular formula is C19H22N2O4. The first-order valence-electron chi connectivity index (χ1n) is 8.22. The fourth-order valence-corrected chi connectivity index (χ4v) is 2.69. The Kier molecular flexibility index (Phi) is 4.97. The number of ether oxygens (including phenoxy) is 3. The fraction of sp³-hybridized carbons (Fsp3) is 0.316. The zero-order valence-electron chi connectivity index (χ0n) is 14.6. The highest BCUT2D eigenvalue weighted by Gasteiger charge is 2.10. The van der Waals surface area contributed by atoms with E-state index in [4.69, 9.17) is 14.2 Å². The smallest absolute Gasteiger partial charge is 0.326 e. The van der Waals surface area contributed by atoms with E-state index in [0.717, 1.165) is 22.5 Å². The van der Waals surface area contributed by atoms with Crippen molar-refractivity contribution < 1.29 is 14.2 Å². The van der Waals surface area contributed by atoms with E-state index in [1.165, 1.54) is 0 Å². The van der Waals surface area contributed by atoms with E-state index in [-0.39, 0.29) is 11.7 Å². The summed E-state index contributed by atoms with van der Waals surface area (Å²) >= 11 is 0. The molecule has 0 spiro atoms. The number of fused-ring (bicyclic) bond motifs is 1. The minimum Gasteiger partial charge on any atom is -0.497 e. The van der Waals surface area contributed by atoms with Crippen LogP contribution in [0.25, 0.3) is 11.0 Å². The third kappa shape index (κ3) is 3.79. The summed E-state index contributed by atoms with van der Waals surface area (Å²) in [5.74, 6) is 2.26. The molecular weight excluding hydrogens is 320 g/mol. The molecule has 3 aromatic rings. The highest BCUT2D eigenvalue weighted by Crippen LogP contribution is 2.21. The molecule has 0 atom stereocenters. The van der Waals surface area contributed by atoms with E-state index >= 15 is 0 Å². The number of aromatic amines is 1. The van der Waals surface area contributed by atoms with Crippen molar-refractivity contribution in [1.29, 1.82) is 0 Å². The van der Waals surface area contributed by atoms with Gasteiger partial charge in [-0.3, -0.25) is 4.57 Å². The molecule has 0 aliphatic carbocycles. The molecule has 0 amide bonds. The minimum absolute atomic E-state index is 0.0786. The molecule has 0 aliphatic rings. The molecule has 0 saturated carbocycles. The second kappa shape index (κ2) is 7.34. The van der Waals surface area contributed by atoms with Gasteiger partial charge < -0.3 is 19.2 Å². The third-order valence-corrected chi connectivity index (χ3v) is 3.89. The maximum Gasteiger partial charge on any atom is 0.326 e. The zero-order chi connectivity index (χ0) is 17.8. The van der Waals surface area contributed by atoms with Gasteiger partial charge in [-0.15, -0.1) is 0 Å². The zero-order valence-corrected chi connectivity index (χ0v) is 14.6. The number of imidazole rings is 1. The van der Waals surface area contributed by atoms with Crippen LogP contribution in [0.3, 0.4) is 0 Å². The maximum absolute atomic E-state index is 12.0. The Hall–Kier alpha value is -2.89. The van der Waals surface area contributed by atoms with Crippen molar-refractivity contribution in [3.8, 4) is 17.2 Å². The molecule has 6 nitrogen and oxygen atoms in total. The van der Waals surface area contributed by atoms with E-state index in [1.807, 2.05) is 56.3 Å². The van der Waals surface area contributed by atoms with Crippen LogP contribution in [0.4, 0.5) is 0 Å². The van der Waals surface area contributed by atoms with Gasteiger partial charge in [0.2, 0.25) is 0 Å². The quantitative estimate of drug-likeness (QED) is 0.669. The predicted molar refractivity (Wildman–Crippen MR) is 96.9 cm³/mol. The van der Waals surface area contributed by atoms with Gasteiger partial charge in [-0.2, -0.15) is 0 Å². The van der Waals surface area contributed by atoms with Crippen molar-refractivity contribution in [3.05, 3.63) is 52.9 Å². The van der Waals surface area contributed by atoms with Gasteiger partial charge in [0.15, 0.2) is 0 Å². The van der Waals surface area contributed by atoms with Gasteiger partial charge in [0, 0.05) is 12.1 Å². The largest absolute Gasteiger partial charge is 0.497 e. The number of aromatic nitrogens is 2. The van der Waals surface area contributed by atoms with Crippen molar-refractivity contribution in [2.45, 2.75) is 19.9 Å². The standard InChI is InChI=1S/C19H22N2O4/c1-13(2)21-18-12-16(8-9-17(18)20-19(21)22)25-11-10-24-15-6-4-14(23-3)5-7-15/h4-9,12-13H,10-11H2,1-3H3,(H,20,22). The normalized spacial score (nSPS) is 11.0. The Morgan fingerprint density at radius 2 is 1.56 bits per heavy atom. The van der Waals surface area contributed by atoms with E-state index in [0.29, 0.717) is 19.0 Å². The first kappa shape index (κ1) is 17.0. The molecule has 0 aliphatic heterocycles. The van der Waals surface area contributed by atoms with Gasteiger partial charge in [-0.25, -0.2) is 4.79 Å². The van der Waals surface area contributed by atoms with Crippen LogP contribution in [0.2, 0.25) is 0 Å². The van der Waals surface area contributed by atoms with Gasteiger partial charge in [0.05, 0.1) is 18.1 Å². The van der Waals surface area contributed by atoms with Crippen molar-refractivity contribution in [2.24, 2.45) is 0 Å². The van der Waals surface area contributed by atoms with Crippen LogP contribution in [-0.4, -0.2) is 29.9 Å². The maximum atomic E-state index is 12.0. The van der Waals surface area contributed by atoms with Crippen LogP contribution < -0.4 is 19.9 Å². The Morgan fingerprint density at radius 1 is 0.960 bits per heavy atom. The molecule has 0 bridgehead atoms. The summed E-state index contributed by atoms with van der Waals surface area (Å²) in [4.78, 5) is 14.8. The summed E-state index contributed by atoms with van der Waals surface area (Å²) in [6.07, 6.45) is 0. The molecule has 3 rings (SSSR count). The topological polar surface area (TPSA) is 65.5 Å². The van der Waals surface area contributed by atoms with Crippen LogP contribution in [0.5, 0.6) is 17.2 Å². The SMILES string of the molecule is COc1ccc(OCCOc2ccc3[nH]c(=O)n(C(C)C)c3c2)cc1. The number of hydrogen-bond donors (Lipinski definition) is 1. The number of benzene rings is 2. The minimum atomic E-state index is -0.106. The van der Waals surface area contributed by atoms with E-state index in [2.05, 4.69) is 4.98 Å². The molecule has 0 saturated heterocycles. The summed E-state index contributed by atoms with van der Waals surface area (Å²) in [6.45, 7) is 4.79. The Balaban J connectivity index is 1.61. The number of methoxy groups -OCH3 is 1. The van der Waals surface area contributed by atoms with E-state index in [1.54, 1.807) is 11.7 Å². The van der Waals surface area contributed by atoms with Gasteiger partial charge in [-0.1, -0.05) is 0 Å². The van der Waals surface area contributed by atoms with Crippen molar-refractivity contribution in [2.75, 3.05) is 20.3 Å². The highest BCUT2D eigenvalue weighted by atomic mass is 16.5. The Morgan fingerprint density at radius 3 is 2.20 bits per heavy atom. The number of nitrogens with zero attached hydrogens (tertiary/aromatic N) is 1. The number of nitrogens with one attached hydrogen (secondary N) is 1. The van der Waals surface area contributed by atoms with Crippen molar-refractivity contribution in [1.82, 2.24) is 9.55 Å². The molecule has 2 aromatic carbocycles. The summed E-state index contributed by atoms with van der Waals surface area (Å²) < 4.78 is 18.2. The Bertz CT molecular complexity index is 894. The van der Waals surface area contributed by atoms with Crippen molar-refractivity contribution in [3.63, 3.8) is 0 Å². The second-order valence-corrected chi connectivity index (χ2v) is 5.95. The van der Waals surface area contributed by atoms with Gasteiger partial charge >= 0.3 is 5.69 Å². The molecule has 0 radical (unpaired) electrons.